The molecule has 0 aliphatic carbocycles. The largest absolute Gasteiger partial charge is 0.382 e. The number of anilines is 1. The maximum atomic E-state index is 11.4. The van der Waals surface area contributed by atoms with Crippen LogP contribution in [0, 0.1) is 0 Å². The molecule has 0 unspecified atom stereocenters. The first-order valence-electron chi connectivity index (χ1n) is 4.32. The number of amides is 1. The van der Waals surface area contributed by atoms with Gasteiger partial charge in [0.15, 0.2) is 0 Å². The van der Waals surface area contributed by atoms with Crippen molar-refractivity contribution in [1.82, 2.24) is 14.7 Å². The van der Waals surface area contributed by atoms with Crippen LogP contribution in [-0.4, -0.2) is 33.7 Å². The predicted octanol–water partition coefficient (Wildman–Crippen LogP) is -0.302. The van der Waals surface area contributed by atoms with Crippen molar-refractivity contribution in [2.75, 3.05) is 18.8 Å². The van der Waals surface area contributed by atoms with E-state index >= 15 is 0 Å². The fraction of sp³-hybridized carbons (Fsp3) is 0.500. The van der Waals surface area contributed by atoms with Crippen LogP contribution in [0.2, 0.25) is 0 Å². The van der Waals surface area contributed by atoms with Crippen molar-refractivity contribution in [1.29, 1.82) is 0 Å². The van der Waals surface area contributed by atoms with Crippen molar-refractivity contribution in [3.05, 3.63) is 12.3 Å². The molecular formula is C8H12N4O. The molecule has 5 heteroatoms. The molecule has 1 aromatic heterocycles. The van der Waals surface area contributed by atoms with Gasteiger partial charge >= 0.3 is 0 Å². The Morgan fingerprint density at radius 1 is 1.62 bits per heavy atom. The molecule has 1 saturated heterocycles. The highest BCUT2D eigenvalue weighted by Crippen LogP contribution is 2.07. The third-order valence-electron chi connectivity index (χ3n) is 2.17. The van der Waals surface area contributed by atoms with Gasteiger partial charge in [0.05, 0.1) is 0 Å². The van der Waals surface area contributed by atoms with Crippen LogP contribution in [0.4, 0.5) is 5.82 Å². The summed E-state index contributed by atoms with van der Waals surface area (Å²) in [4.78, 5) is 13.2. The van der Waals surface area contributed by atoms with Crippen LogP contribution in [0.3, 0.4) is 0 Å². The number of rotatable bonds is 2. The average Bonchev–Trinajstić information content (AvgIpc) is 2.31. The molecule has 70 valence electrons. The number of aromatic nitrogens is 2. The minimum atomic E-state index is 0.120. The Labute approximate surface area is 76.1 Å². The molecule has 1 aliphatic heterocycles. The molecule has 1 aromatic rings. The second-order valence-electron chi connectivity index (χ2n) is 3.17. The van der Waals surface area contributed by atoms with Gasteiger partial charge in [-0.15, -0.1) is 0 Å². The van der Waals surface area contributed by atoms with Crippen LogP contribution in [0.15, 0.2) is 12.3 Å². The number of nitrogens with two attached hydrogens (primary N) is 1. The maximum Gasteiger partial charge on any atom is 0.244 e. The number of nitrogens with zero attached hydrogens (tertiary/aromatic N) is 3. The fourth-order valence-corrected chi connectivity index (χ4v) is 1.27. The summed E-state index contributed by atoms with van der Waals surface area (Å²) in [6.07, 6.45) is 2.83. The van der Waals surface area contributed by atoms with Crippen molar-refractivity contribution in [2.45, 2.75) is 13.0 Å². The van der Waals surface area contributed by atoms with E-state index in [1.54, 1.807) is 16.9 Å². The van der Waals surface area contributed by atoms with Gasteiger partial charge in [-0.1, -0.05) is 0 Å². The quantitative estimate of drug-likeness (QED) is 0.679. The zero-order chi connectivity index (χ0) is 9.26. The van der Waals surface area contributed by atoms with Crippen molar-refractivity contribution < 1.29 is 4.79 Å². The number of carbonyl (C=O) groups is 1. The van der Waals surface area contributed by atoms with Crippen LogP contribution in [-0.2, 0) is 11.3 Å². The van der Waals surface area contributed by atoms with Gasteiger partial charge in [-0.25, -0.2) is 0 Å². The number of nitrogen functional groups attached to an aromatic ring is 1. The second-order valence-corrected chi connectivity index (χ2v) is 3.17. The van der Waals surface area contributed by atoms with E-state index < -0.39 is 0 Å². The van der Waals surface area contributed by atoms with Crippen LogP contribution >= 0.6 is 0 Å². The molecular weight excluding hydrogens is 168 g/mol. The van der Waals surface area contributed by atoms with Crippen LogP contribution in [0.1, 0.15) is 6.42 Å². The van der Waals surface area contributed by atoms with Gasteiger partial charge in [0, 0.05) is 19.3 Å². The molecule has 0 radical (unpaired) electrons. The first-order chi connectivity index (χ1) is 6.25. The van der Waals surface area contributed by atoms with Crippen LogP contribution in [0.5, 0.6) is 0 Å². The Hall–Kier alpha value is -1.52. The third-order valence-corrected chi connectivity index (χ3v) is 2.17. The summed E-state index contributed by atoms with van der Waals surface area (Å²) in [5.41, 5.74) is 5.42. The molecule has 5 nitrogen and oxygen atoms in total. The van der Waals surface area contributed by atoms with Gasteiger partial charge in [0.1, 0.15) is 12.4 Å². The molecule has 0 bridgehead atoms. The number of hydrogen-bond acceptors (Lipinski definition) is 3. The molecule has 1 aliphatic rings. The number of carbonyl (C=O) groups excluding carboxylic acids is 1. The highest BCUT2D eigenvalue weighted by Gasteiger charge is 2.20. The smallest absolute Gasteiger partial charge is 0.244 e. The summed E-state index contributed by atoms with van der Waals surface area (Å²) in [5.74, 6) is 0.575. The summed E-state index contributed by atoms with van der Waals surface area (Å²) >= 11 is 0. The molecule has 1 fully saturated rings. The van der Waals surface area contributed by atoms with Gasteiger partial charge in [-0.2, -0.15) is 5.10 Å². The summed E-state index contributed by atoms with van der Waals surface area (Å²) in [6, 6.07) is 1.68. The minimum Gasteiger partial charge on any atom is -0.382 e. The lowest BCUT2D eigenvalue weighted by molar-refractivity contribution is -0.135. The van der Waals surface area contributed by atoms with E-state index in [4.69, 9.17) is 5.73 Å². The molecule has 1 amide bonds. The zero-order valence-corrected chi connectivity index (χ0v) is 7.31. The lowest BCUT2D eigenvalue weighted by atomic mass is 10.2. The van der Waals surface area contributed by atoms with E-state index in [0.717, 1.165) is 19.5 Å². The molecule has 2 heterocycles. The first kappa shape index (κ1) is 8.10. The Balaban J connectivity index is 1.93. The van der Waals surface area contributed by atoms with Crippen LogP contribution < -0.4 is 5.73 Å². The van der Waals surface area contributed by atoms with Gasteiger partial charge in [-0.05, 0) is 12.5 Å². The standard InChI is InChI=1S/C8H12N4O/c9-7-2-5-12(10-7)6-8(13)11-3-1-4-11/h2,5H,1,3-4,6H2,(H2,9,10). The summed E-state index contributed by atoms with van der Waals surface area (Å²) in [5, 5.41) is 3.94. The Morgan fingerprint density at radius 3 is 2.85 bits per heavy atom. The molecule has 0 saturated carbocycles. The molecule has 13 heavy (non-hydrogen) atoms. The normalized spacial score (nSPS) is 15.5. The van der Waals surface area contributed by atoms with E-state index in [1.165, 1.54) is 0 Å². The molecule has 2 rings (SSSR count). The molecule has 2 N–H and O–H groups in total. The Morgan fingerprint density at radius 2 is 2.38 bits per heavy atom. The second kappa shape index (κ2) is 3.08. The predicted molar refractivity (Wildman–Crippen MR) is 47.8 cm³/mol. The monoisotopic (exact) mass is 180 g/mol. The summed E-state index contributed by atoms with van der Waals surface area (Å²) in [6.45, 7) is 2.07. The fourth-order valence-electron chi connectivity index (χ4n) is 1.27. The van der Waals surface area contributed by atoms with Crippen molar-refractivity contribution in [2.24, 2.45) is 0 Å². The maximum absolute atomic E-state index is 11.4. The highest BCUT2D eigenvalue weighted by molar-refractivity contribution is 5.76. The topological polar surface area (TPSA) is 64.2 Å². The molecule has 0 spiro atoms. The molecule has 0 aromatic carbocycles. The number of likely N-dealkylation sites (tertiary alicyclic amines) is 1. The van der Waals surface area contributed by atoms with Gasteiger partial charge in [-0.3, -0.25) is 9.48 Å². The lowest BCUT2D eigenvalue weighted by Gasteiger charge is -2.30. The van der Waals surface area contributed by atoms with Gasteiger partial charge in [0.25, 0.3) is 0 Å². The average molecular weight is 180 g/mol. The van der Waals surface area contributed by atoms with Gasteiger partial charge in [0.2, 0.25) is 5.91 Å². The zero-order valence-electron chi connectivity index (χ0n) is 7.31. The van der Waals surface area contributed by atoms with E-state index in [1.807, 2.05) is 4.90 Å². The Bertz CT molecular complexity index is 316. The van der Waals surface area contributed by atoms with Crippen LogP contribution in [0.25, 0.3) is 0 Å². The summed E-state index contributed by atoms with van der Waals surface area (Å²) in [7, 11) is 0. The van der Waals surface area contributed by atoms with Gasteiger partial charge < -0.3 is 10.6 Å². The number of hydrogen-bond donors (Lipinski definition) is 1. The van der Waals surface area contributed by atoms with Crippen molar-refractivity contribution in [3.63, 3.8) is 0 Å². The van der Waals surface area contributed by atoms with E-state index in [-0.39, 0.29) is 5.91 Å². The van der Waals surface area contributed by atoms with E-state index in [9.17, 15) is 4.79 Å². The van der Waals surface area contributed by atoms with Crippen molar-refractivity contribution >= 4 is 11.7 Å². The third kappa shape index (κ3) is 1.63. The molecule has 0 atom stereocenters. The minimum absolute atomic E-state index is 0.120. The van der Waals surface area contributed by atoms with Crippen molar-refractivity contribution in [3.8, 4) is 0 Å². The Kier molecular flexibility index (Phi) is 1.92. The first-order valence-corrected chi connectivity index (χ1v) is 4.32. The SMILES string of the molecule is Nc1ccn(CC(=O)N2CCC2)n1. The highest BCUT2D eigenvalue weighted by atomic mass is 16.2. The van der Waals surface area contributed by atoms with E-state index in [2.05, 4.69) is 5.10 Å². The van der Waals surface area contributed by atoms with E-state index in [0.29, 0.717) is 12.4 Å². The lowest BCUT2D eigenvalue weighted by Crippen LogP contribution is -2.43. The summed E-state index contributed by atoms with van der Waals surface area (Å²) < 4.78 is 1.57.